The first-order valence-electron chi connectivity index (χ1n) is 0.565. The van der Waals surface area contributed by atoms with E-state index in [0.29, 0.717) is 0 Å². The summed E-state index contributed by atoms with van der Waals surface area (Å²) >= 11 is -3.69. The van der Waals surface area contributed by atoms with Crippen LogP contribution in [0, 0.1) is 0 Å². The van der Waals surface area contributed by atoms with Gasteiger partial charge < -0.3 is 0 Å². The van der Waals surface area contributed by atoms with Gasteiger partial charge in [-0.15, -0.1) is 0 Å². The predicted molar refractivity (Wildman–Crippen MR) is 3.59 cm³/mol. The van der Waals surface area contributed by atoms with Gasteiger partial charge in [-0.25, -0.2) is 0 Å². The fourth-order valence-electron chi connectivity index (χ4n) is 0. The SMILES string of the molecule is [Mo].[O]=[V](=[O])[OH].[Zn]. The Hall–Kier alpha value is 1.46. The van der Waals surface area contributed by atoms with E-state index >= 15 is 0 Å². The summed E-state index contributed by atoms with van der Waals surface area (Å²) in [5.41, 5.74) is 0. The number of hydrogen-bond acceptors (Lipinski definition) is 2. The second-order valence-corrected chi connectivity index (χ2v) is 0.981. The van der Waals surface area contributed by atoms with Gasteiger partial charge in [-0.1, -0.05) is 0 Å². The van der Waals surface area contributed by atoms with Crippen molar-refractivity contribution in [3.05, 3.63) is 0 Å². The van der Waals surface area contributed by atoms with Gasteiger partial charge in [-0.05, 0) is 0 Å². The van der Waals surface area contributed by atoms with Gasteiger partial charge in [-0.3, -0.25) is 0 Å². The Morgan fingerprint density at radius 2 is 1.33 bits per heavy atom. The summed E-state index contributed by atoms with van der Waals surface area (Å²) in [6.07, 6.45) is 0. The number of hydrogen-bond donors (Lipinski definition) is 1. The molecule has 1 N–H and O–H groups in total. The van der Waals surface area contributed by atoms with Crippen molar-refractivity contribution in [1.29, 1.82) is 0 Å². The van der Waals surface area contributed by atoms with Crippen LogP contribution in [0.2, 0.25) is 0 Å². The molecule has 32 valence electrons. The van der Waals surface area contributed by atoms with E-state index < -0.39 is 15.4 Å². The van der Waals surface area contributed by atoms with Crippen LogP contribution in [0.25, 0.3) is 0 Å². The molecule has 0 rings (SSSR count). The van der Waals surface area contributed by atoms with E-state index in [1.54, 1.807) is 0 Å². The molecule has 0 saturated carbocycles. The molecule has 0 spiro atoms. The van der Waals surface area contributed by atoms with E-state index in [-0.39, 0.29) is 40.5 Å². The normalized spacial score (nSPS) is 4.17. The van der Waals surface area contributed by atoms with Crippen molar-refractivity contribution < 1.29 is 67.3 Å². The second-order valence-electron chi connectivity index (χ2n) is 0.238. The molecule has 0 fully saturated rings. The summed E-state index contributed by atoms with van der Waals surface area (Å²) in [6, 6.07) is 0. The van der Waals surface area contributed by atoms with Crippen molar-refractivity contribution in [2.24, 2.45) is 0 Å². The summed E-state index contributed by atoms with van der Waals surface area (Å²) in [5, 5.41) is 0. The van der Waals surface area contributed by atoms with E-state index in [2.05, 4.69) is 0 Å². The molecule has 3 nitrogen and oxygen atoms in total. The fraction of sp³-hybridized carbons (Fsp3) is 0. The van der Waals surface area contributed by atoms with Gasteiger partial charge in [0.05, 0.1) is 0 Å². The molecule has 0 heterocycles. The van der Waals surface area contributed by atoms with Crippen LogP contribution in [0.5, 0.6) is 0 Å². The predicted octanol–water partition coefficient (Wildman–Crippen LogP) is -0.802. The van der Waals surface area contributed by atoms with Crippen LogP contribution >= 0.6 is 0 Å². The quantitative estimate of drug-likeness (QED) is 0.581. The molecule has 0 saturated heterocycles. The molecule has 0 aliphatic rings. The Morgan fingerprint density at radius 3 is 1.33 bits per heavy atom. The third-order valence-electron chi connectivity index (χ3n) is 0. The van der Waals surface area contributed by atoms with Crippen molar-refractivity contribution in [3.63, 3.8) is 0 Å². The Labute approximate surface area is 66.9 Å². The minimum Gasteiger partial charge on any atom is 0 e. The molecular formula is HMoO3VZn. The van der Waals surface area contributed by atoms with Crippen molar-refractivity contribution in [2.75, 3.05) is 0 Å². The molecule has 0 bridgehead atoms. The molecule has 0 aliphatic heterocycles. The van der Waals surface area contributed by atoms with Gasteiger partial charge in [0.2, 0.25) is 0 Å². The number of rotatable bonds is 0. The summed E-state index contributed by atoms with van der Waals surface area (Å²) in [5.74, 6) is 0. The first-order chi connectivity index (χ1) is 1.73. The third-order valence-corrected chi connectivity index (χ3v) is 0. The molecule has 0 aromatic heterocycles. The van der Waals surface area contributed by atoms with Crippen molar-refractivity contribution in [1.82, 2.24) is 0 Å². The van der Waals surface area contributed by atoms with Crippen LogP contribution in [0.3, 0.4) is 0 Å². The Balaban J connectivity index is -0.0000000450. The summed E-state index contributed by atoms with van der Waals surface area (Å²) in [6.45, 7) is 0. The average Bonchev–Trinajstić information content (AvgIpc) is 0.811. The van der Waals surface area contributed by atoms with Gasteiger partial charge in [-0.2, -0.15) is 0 Å². The minimum atomic E-state index is -3.69. The first kappa shape index (κ1) is 15.7. The van der Waals surface area contributed by atoms with Crippen molar-refractivity contribution in [2.45, 2.75) is 0 Å². The van der Waals surface area contributed by atoms with Crippen LogP contribution in [-0.2, 0) is 63.3 Å². The Bertz CT molecular complexity index is 59.2. The largest absolute Gasteiger partial charge is 0 e. The van der Waals surface area contributed by atoms with E-state index in [9.17, 15) is 0 Å². The van der Waals surface area contributed by atoms with Crippen LogP contribution in [0.15, 0.2) is 0 Å². The van der Waals surface area contributed by atoms with Crippen LogP contribution < -0.4 is 0 Å². The van der Waals surface area contributed by atoms with E-state index in [1.807, 2.05) is 0 Å². The first-order valence-corrected chi connectivity index (χ1v) is 2.33. The molecule has 0 unspecified atom stereocenters. The second kappa shape index (κ2) is 9.68. The molecule has 0 amide bonds. The van der Waals surface area contributed by atoms with E-state index in [0.717, 1.165) is 0 Å². The summed E-state index contributed by atoms with van der Waals surface area (Å²) in [7, 11) is 0. The van der Waals surface area contributed by atoms with Gasteiger partial charge in [0.25, 0.3) is 0 Å². The molecule has 0 radical (unpaired) electrons. The Morgan fingerprint density at radius 1 is 1.33 bits per heavy atom. The maximum Gasteiger partial charge on any atom is 0 e. The minimum absolute atomic E-state index is 0. The van der Waals surface area contributed by atoms with Crippen molar-refractivity contribution in [3.8, 4) is 0 Å². The molecule has 6 heteroatoms. The van der Waals surface area contributed by atoms with E-state index in [1.165, 1.54) is 0 Å². The van der Waals surface area contributed by atoms with Crippen LogP contribution in [0.4, 0.5) is 0 Å². The van der Waals surface area contributed by atoms with Crippen LogP contribution in [-0.4, -0.2) is 4.03 Å². The fourth-order valence-corrected chi connectivity index (χ4v) is 0. The summed E-state index contributed by atoms with van der Waals surface area (Å²) in [4.78, 5) is 0. The maximum atomic E-state index is 8.67. The van der Waals surface area contributed by atoms with Crippen LogP contribution in [0.1, 0.15) is 0 Å². The molecule has 0 atom stereocenters. The zero-order valence-corrected chi connectivity index (χ0v) is 9.20. The monoisotopic (exact) mass is 262 g/mol. The topological polar surface area (TPSA) is 54.4 Å². The molecule has 6 heavy (non-hydrogen) atoms. The standard InChI is InChI=1S/Mo.H2O.2O.V.Zn/h;1H2;;;;/q;;;;+1;/p-1. The smallest absolute Gasteiger partial charge is 0 e. The summed E-state index contributed by atoms with van der Waals surface area (Å²) < 4.78 is 24.4. The van der Waals surface area contributed by atoms with Gasteiger partial charge in [0, 0.05) is 40.5 Å². The molecule has 0 aromatic carbocycles. The molecular weight excluding hydrogens is 260 g/mol. The van der Waals surface area contributed by atoms with Gasteiger partial charge in [0.1, 0.15) is 0 Å². The Kier molecular flexibility index (Phi) is 25.2. The maximum absolute atomic E-state index is 8.67. The van der Waals surface area contributed by atoms with Gasteiger partial charge >= 0.3 is 26.8 Å². The molecule has 0 aromatic rings. The zero-order chi connectivity index (χ0) is 3.58. The van der Waals surface area contributed by atoms with E-state index in [4.69, 9.17) is 11.4 Å². The van der Waals surface area contributed by atoms with Crippen molar-refractivity contribution >= 4 is 0 Å². The third kappa shape index (κ3) is 51.1. The molecule has 0 aliphatic carbocycles. The van der Waals surface area contributed by atoms with Gasteiger partial charge in [0.15, 0.2) is 0 Å². The average molecular weight is 261 g/mol. The zero-order valence-electron chi connectivity index (χ0n) is 2.83.